The van der Waals surface area contributed by atoms with Crippen molar-refractivity contribution in [3.05, 3.63) is 29.8 Å². The van der Waals surface area contributed by atoms with Crippen molar-refractivity contribution in [1.29, 1.82) is 0 Å². The van der Waals surface area contributed by atoms with Crippen LogP contribution in [0.3, 0.4) is 0 Å². The van der Waals surface area contributed by atoms with E-state index in [1.807, 2.05) is 24.3 Å². The molecule has 0 aliphatic heterocycles. The molecule has 0 bridgehead atoms. The lowest BCUT2D eigenvalue weighted by Gasteiger charge is -2.06. The third-order valence-corrected chi connectivity index (χ3v) is 2.36. The normalized spacial score (nSPS) is 12.6. The van der Waals surface area contributed by atoms with Crippen molar-refractivity contribution in [2.75, 3.05) is 13.8 Å². The smallest absolute Gasteiger partial charge is 0.119 e. The predicted molar refractivity (Wildman–Crippen MR) is 50.6 cm³/mol. The van der Waals surface area contributed by atoms with Gasteiger partial charge in [-0.2, -0.15) is 0 Å². The van der Waals surface area contributed by atoms with Crippen molar-refractivity contribution in [2.45, 2.75) is 4.83 Å². The number of methoxy groups -OCH3 is 1. The van der Waals surface area contributed by atoms with E-state index in [1.165, 1.54) is 0 Å². The van der Waals surface area contributed by atoms with Gasteiger partial charge < -0.3 is 4.74 Å². The van der Waals surface area contributed by atoms with E-state index < -0.39 is 6.67 Å². The van der Waals surface area contributed by atoms with Crippen LogP contribution in [0.25, 0.3) is 0 Å². The minimum absolute atomic E-state index is 0.229. The molecular formula is C9H10BrFO. The summed E-state index contributed by atoms with van der Waals surface area (Å²) < 4.78 is 17.2. The zero-order chi connectivity index (χ0) is 8.97. The predicted octanol–water partition coefficient (Wildman–Crippen LogP) is 3.10. The summed E-state index contributed by atoms with van der Waals surface area (Å²) in [5, 5.41) is 0. The molecule has 1 aromatic carbocycles. The zero-order valence-corrected chi connectivity index (χ0v) is 8.34. The van der Waals surface area contributed by atoms with Crippen LogP contribution >= 0.6 is 15.9 Å². The summed E-state index contributed by atoms with van der Waals surface area (Å²) >= 11 is 3.22. The second-order valence-corrected chi connectivity index (χ2v) is 3.50. The number of ether oxygens (including phenoxy) is 1. The van der Waals surface area contributed by atoms with Gasteiger partial charge in [0.1, 0.15) is 12.4 Å². The van der Waals surface area contributed by atoms with Gasteiger partial charge in [-0.15, -0.1) is 0 Å². The SMILES string of the molecule is COc1cccc(C(Br)CF)c1. The van der Waals surface area contributed by atoms with Crippen LogP contribution in [0.2, 0.25) is 0 Å². The maximum Gasteiger partial charge on any atom is 0.119 e. The van der Waals surface area contributed by atoms with Crippen molar-refractivity contribution in [2.24, 2.45) is 0 Å². The zero-order valence-electron chi connectivity index (χ0n) is 6.76. The highest BCUT2D eigenvalue weighted by molar-refractivity contribution is 9.09. The first-order valence-electron chi connectivity index (χ1n) is 3.62. The molecule has 0 saturated heterocycles. The maximum atomic E-state index is 12.2. The van der Waals surface area contributed by atoms with Gasteiger partial charge in [0.2, 0.25) is 0 Å². The Morgan fingerprint density at radius 1 is 1.58 bits per heavy atom. The number of rotatable bonds is 3. The molecule has 0 fully saturated rings. The Hall–Kier alpha value is -0.570. The van der Waals surface area contributed by atoms with Crippen LogP contribution < -0.4 is 4.74 Å². The molecule has 0 amide bonds. The van der Waals surface area contributed by atoms with Crippen molar-refractivity contribution in [3.8, 4) is 5.75 Å². The Labute approximate surface area is 79.7 Å². The van der Waals surface area contributed by atoms with Gasteiger partial charge >= 0.3 is 0 Å². The first-order valence-corrected chi connectivity index (χ1v) is 4.53. The lowest BCUT2D eigenvalue weighted by molar-refractivity contribution is 0.413. The highest BCUT2D eigenvalue weighted by Crippen LogP contribution is 2.25. The van der Waals surface area contributed by atoms with E-state index >= 15 is 0 Å². The average Bonchev–Trinajstić information content (AvgIpc) is 2.17. The fourth-order valence-electron chi connectivity index (χ4n) is 0.925. The maximum absolute atomic E-state index is 12.2. The summed E-state index contributed by atoms with van der Waals surface area (Å²) in [6.45, 7) is -0.410. The lowest BCUT2D eigenvalue weighted by atomic mass is 10.1. The van der Waals surface area contributed by atoms with Gasteiger partial charge in [-0.05, 0) is 17.7 Å². The molecule has 0 N–H and O–H groups in total. The molecule has 0 spiro atoms. The third kappa shape index (κ3) is 2.21. The van der Waals surface area contributed by atoms with E-state index in [2.05, 4.69) is 15.9 Å². The summed E-state index contributed by atoms with van der Waals surface area (Å²) in [5.41, 5.74) is 0.900. The summed E-state index contributed by atoms with van der Waals surface area (Å²) in [6, 6.07) is 7.36. The molecule has 0 aliphatic rings. The minimum Gasteiger partial charge on any atom is -0.497 e. The molecule has 1 atom stereocenters. The van der Waals surface area contributed by atoms with Crippen molar-refractivity contribution in [1.82, 2.24) is 0 Å². The largest absolute Gasteiger partial charge is 0.497 e. The van der Waals surface area contributed by atoms with Crippen molar-refractivity contribution >= 4 is 15.9 Å². The van der Waals surface area contributed by atoms with E-state index in [0.29, 0.717) is 0 Å². The van der Waals surface area contributed by atoms with Gasteiger partial charge in [-0.1, -0.05) is 28.1 Å². The molecule has 1 unspecified atom stereocenters. The Morgan fingerprint density at radius 2 is 2.33 bits per heavy atom. The summed E-state index contributed by atoms with van der Waals surface area (Å²) in [5.74, 6) is 0.755. The van der Waals surface area contributed by atoms with E-state index in [-0.39, 0.29) is 4.83 Å². The van der Waals surface area contributed by atoms with E-state index in [9.17, 15) is 4.39 Å². The van der Waals surface area contributed by atoms with Crippen LogP contribution in [0.1, 0.15) is 10.4 Å². The van der Waals surface area contributed by atoms with Gasteiger partial charge in [-0.25, -0.2) is 4.39 Å². The minimum atomic E-state index is -0.410. The number of benzene rings is 1. The van der Waals surface area contributed by atoms with E-state index in [4.69, 9.17) is 4.74 Å². The lowest BCUT2D eigenvalue weighted by Crippen LogP contribution is -1.92. The quantitative estimate of drug-likeness (QED) is 0.729. The molecule has 1 nitrogen and oxygen atoms in total. The molecular weight excluding hydrogens is 223 g/mol. The first kappa shape index (κ1) is 9.52. The Balaban J connectivity index is 2.86. The second kappa shape index (κ2) is 4.45. The molecule has 0 radical (unpaired) electrons. The third-order valence-electron chi connectivity index (χ3n) is 1.59. The van der Waals surface area contributed by atoms with Gasteiger partial charge in [0.15, 0.2) is 0 Å². The fourth-order valence-corrected chi connectivity index (χ4v) is 1.21. The summed E-state index contributed by atoms with van der Waals surface area (Å²) in [6.07, 6.45) is 0. The van der Waals surface area contributed by atoms with Crippen molar-refractivity contribution < 1.29 is 9.13 Å². The Kier molecular flexibility index (Phi) is 3.53. The Bertz CT molecular complexity index is 252. The number of hydrogen-bond donors (Lipinski definition) is 0. The molecule has 66 valence electrons. The van der Waals surface area contributed by atoms with Gasteiger partial charge in [-0.3, -0.25) is 0 Å². The van der Waals surface area contributed by atoms with E-state index in [0.717, 1.165) is 11.3 Å². The topological polar surface area (TPSA) is 9.23 Å². The summed E-state index contributed by atoms with van der Waals surface area (Å²) in [7, 11) is 1.60. The molecule has 0 heterocycles. The monoisotopic (exact) mass is 232 g/mol. The van der Waals surface area contributed by atoms with Gasteiger partial charge in [0, 0.05) is 0 Å². The average molecular weight is 233 g/mol. The number of hydrogen-bond acceptors (Lipinski definition) is 1. The van der Waals surface area contributed by atoms with Crippen LogP contribution in [0.5, 0.6) is 5.75 Å². The van der Waals surface area contributed by atoms with Gasteiger partial charge in [0.25, 0.3) is 0 Å². The standard InChI is InChI=1S/C9H10BrFO/c1-12-8-4-2-3-7(5-8)9(10)6-11/h2-5,9H,6H2,1H3. The van der Waals surface area contributed by atoms with E-state index in [1.54, 1.807) is 7.11 Å². The second-order valence-electron chi connectivity index (χ2n) is 2.40. The van der Waals surface area contributed by atoms with Crippen LogP contribution in [0, 0.1) is 0 Å². The highest BCUT2D eigenvalue weighted by atomic mass is 79.9. The highest BCUT2D eigenvalue weighted by Gasteiger charge is 2.06. The van der Waals surface area contributed by atoms with Crippen LogP contribution in [-0.4, -0.2) is 13.8 Å². The molecule has 0 saturated carbocycles. The Morgan fingerprint density at radius 3 is 2.92 bits per heavy atom. The molecule has 3 heteroatoms. The summed E-state index contributed by atoms with van der Waals surface area (Å²) in [4.78, 5) is -0.229. The molecule has 1 rings (SSSR count). The first-order chi connectivity index (χ1) is 5.77. The fraction of sp³-hybridized carbons (Fsp3) is 0.333. The molecule has 12 heavy (non-hydrogen) atoms. The molecule has 0 aliphatic carbocycles. The van der Waals surface area contributed by atoms with Crippen LogP contribution in [-0.2, 0) is 0 Å². The van der Waals surface area contributed by atoms with Crippen molar-refractivity contribution in [3.63, 3.8) is 0 Å². The van der Waals surface area contributed by atoms with Crippen LogP contribution in [0.15, 0.2) is 24.3 Å². The molecule has 1 aromatic rings. The number of halogens is 2. The molecule has 0 aromatic heterocycles. The van der Waals surface area contributed by atoms with Crippen LogP contribution in [0.4, 0.5) is 4.39 Å². The van der Waals surface area contributed by atoms with Gasteiger partial charge in [0.05, 0.1) is 11.9 Å². The number of alkyl halides is 2.